The van der Waals surface area contributed by atoms with Crippen molar-refractivity contribution < 1.29 is 9.66 Å². The normalized spacial score (nSPS) is 34.3. The SMILES string of the molecule is CN1CN(C)CC(C)(N2COC[C@@](C)([N+](=O)[O-])C2)C1. The van der Waals surface area contributed by atoms with Gasteiger partial charge in [-0.1, -0.05) is 0 Å². The predicted octanol–water partition coefficient (Wildman–Crippen LogP) is -0.0951. The molecule has 0 aliphatic carbocycles. The van der Waals surface area contributed by atoms with Gasteiger partial charge in [0.05, 0.1) is 13.2 Å². The highest BCUT2D eigenvalue weighted by molar-refractivity contribution is 4.97. The van der Waals surface area contributed by atoms with Gasteiger partial charge in [-0.25, -0.2) is 0 Å². The summed E-state index contributed by atoms with van der Waals surface area (Å²) in [6, 6.07) is 0. The third kappa shape index (κ3) is 2.89. The van der Waals surface area contributed by atoms with E-state index in [0.29, 0.717) is 13.3 Å². The van der Waals surface area contributed by atoms with Crippen LogP contribution >= 0.6 is 0 Å². The van der Waals surface area contributed by atoms with Crippen LogP contribution < -0.4 is 0 Å². The van der Waals surface area contributed by atoms with Crippen molar-refractivity contribution in [2.45, 2.75) is 24.9 Å². The monoisotopic (exact) mass is 272 g/mol. The Morgan fingerprint density at radius 3 is 2.26 bits per heavy atom. The molecule has 0 aromatic heterocycles. The zero-order valence-electron chi connectivity index (χ0n) is 12.3. The zero-order chi connectivity index (χ0) is 14.3. The first-order valence-electron chi connectivity index (χ1n) is 6.60. The highest BCUT2D eigenvalue weighted by Crippen LogP contribution is 2.27. The molecule has 1 atom stereocenters. The fourth-order valence-electron chi connectivity index (χ4n) is 3.26. The molecule has 2 saturated heterocycles. The molecule has 2 fully saturated rings. The summed E-state index contributed by atoms with van der Waals surface area (Å²) in [7, 11) is 4.15. The van der Waals surface area contributed by atoms with Crippen LogP contribution in [0.15, 0.2) is 0 Å². The van der Waals surface area contributed by atoms with E-state index in [1.54, 1.807) is 6.92 Å². The maximum atomic E-state index is 11.2. The second kappa shape index (κ2) is 4.97. The van der Waals surface area contributed by atoms with E-state index in [0.717, 1.165) is 19.8 Å². The Morgan fingerprint density at radius 1 is 1.16 bits per heavy atom. The topological polar surface area (TPSA) is 62.1 Å². The summed E-state index contributed by atoms with van der Waals surface area (Å²) in [5.41, 5.74) is -1.12. The standard InChI is InChI=1S/C12H24N4O3/c1-11(5-13(3)9-14(4)6-11)15-7-12(2,16(17)18)8-19-10-15/h5-10H2,1-4H3/t12-/m0/s1. The van der Waals surface area contributed by atoms with Crippen molar-refractivity contribution in [3.05, 3.63) is 10.1 Å². The fraction of sp³-hybridized carbons (Fsp3) is 1.00. The predicted molar refractivity (Wildman–Crippen MR) is 71.5 cm³/mol. The lowest BCUT2D eigenvalue weighted by atomic mass is 9.93. The Balaban J connectivity index is 2.14. The van der Waals surface area contributed by atoms with Crippen LogP contribution in [0.5, 0.6) is 0 Å². The lowest BCUT2D eigenvalue weighted by Crippen LogP contribution is -2.69. The van der Waals surface area contributed by atoms with Crippen LogP contribution in [0, 0.1) is 10.1 Å². The van der Waals surface area contributed by atoms with Crippen LogP contribution in [0.4, 0.5) is 0 Å². The lowest BCUT2D eigenvalue weighted by molar-refractivity contribution is -0.577. The number of nitro groups is 1. The first kappa shape index (κ1) is 14.6. The summed E-state index contributed by atoms with van der Waals surface area (Å²) in [6.45, 7) is 7.66. The van der Waals surface area contributed by atoms with E-state index in [2.05, 4.69) is 35.7 Å². The fourth-order valence-corrected chi connectivity index (χ4v) is 3.26. The number of hydrogen-bond donors (Lipinski definition) is 0. The van der Waals surface area contributed by atoms with Crippen LogP contribution in [-0.4, -0.2) is 84.4 Å². The van der Waals surface area contributed by atoms with Crippen molar-refractivity contribution in [3.63, 3.8) is 0 Å². The molecular weight excluding hydrogens is 248 g/mol. The average molecular weight is 272 g/mol. The minimum absolute atomic E-state index is 0.112. The third-order valence-electron chi connectivity index (χ3n) is 4.10. The van der Waals surface area contributed by atoms with Gasteiger partial charge in [0.15, 0.2) is 0 Å². The van der Waals surface area contributed by atoms with Gasteiger partial charge in [0.1, 0.15) is 13.3 Å². The largest absolute Gasteiger partial charge is 0.359 e. The summed E-state index contributed by atoms with van der Waals surface area (Å²) < 4.78 is 5.50. The Hall–Kier alpha value is -0.760. The van der Waals surface area contributed by atoms with Gasteiger partial charge in [0.2, 0.25) is 0 Å². The number of hydrogen-bond acceptors (Lipinski definition) is 6. The molecule has 0 spiro atoms. The van der Waals surface area contributed by atoms with Crippen molar-refractivity contribution in [3.8, 4) is 0 Å². The number of likely N-dealkylation sites (N-methyl/N-ethyl adjacent to an activating group) is 2. The van der Waals surface area contributed by atoms with Crippen molar-refractivity contribution in [1.82, 2.24) is 14.7 Å². The van der Waals surface area contributed by atoms with E-state index < -0.39 is 5.54 Å². The second-order valence-electron chi connectivity index (χ2n) is 6.60. The van der Waals surface area contributed by atoms with Crippen LogP contribution in [0.25, 0.3) is 0 Å². The van der Waals surface area contributed by atoms with Gasteiger partial charge in [-0.15, -0.1) is 0 Å². The molecule has 2 aliphatic heterocycles. The molecule has 2 heterocycles. The maximum absolute atomic E-state index is 11.2. The van der Waals surface area contributed by atoms with Crippen LogP contribution in [0.1, 0.15) is 13.8 Å². The van der Waals surface area contributed by atoms with E-state index >= 15 is 0 Å². The van der Waals surface area contributed by atoms with Crippen LogP contribution in [-0.2, 0) is 4.74 Å². The first-order chi connectivity index (χ1) is 8.75. The molecule has 0 amide bonds. The molecule has 0 unspecified atom stereocenters. The van der Waals surface area contributed by atoms with Gasteiger partial charge in [-0.05, 0) is 21.0 Å². The maximum Gasteiger partial charge on any atom is 0.254 e. The van der Waals surface area contributed by atoms with Crippen molar-refractivity contribution in [1.29, 1.82) is 0 Å². The van der Waals surface area contributed by atoms with Gasteiger partial charge < -0.3 is 4.74 Å². The van der Waals surface area contributed by atoms with Gasteiger partial charge in [-0.2, -0.15) is 0 Å². The smallest absolute Gasteiger partial charge is 0.254 e. The Morgan fingerprint density at radius 2 is 1.74 bits per heavy atom. The summed E-state index contributed by atoms with van der Waals surface area (Å²) in [6.07, 6.45) is 0. The quantitative estimate of drug-likeness (QED) is 0.517. The summed E-state index contributed by atoms with van der Waals surface area (Å²) in [4.78, 5) is 17.6. The minimum atomic E-state index is -1.00. The van der Waals surface area contributed by atoms with Gasteiger partial charge >= 0.3 is 0 Å². The molecule has 7 nitrogen and oxygen atoms in total. The Labute approximate surface area is 114 Å². The molecular formula is C12H24N4O3. The summed E-state index contributed by atoms with van der Waals surface area (Å²) >= 11 is 0. The minimum Gasteiger partial charge on any atom is -0.359 e. The molecule has 0 aromatic carbocycles. The van der Waals surface area contributed by atoms with E-state index in [1.165, 1.54) is 0 Å². The third-order valence-corrected chi connectivity index (χ3v) is 4.10. The van der Waals surface area contributed by atoms with Crippen molar-refractivity contribution in [2.75, 3.05) is 53.7 Å². The number of ether oxygens (including phenoxy) is 1. The lowest BCUT2D eigenvalue weighted by Gasteiger charge is -2.51. The molecule has 2 aliphatic rings. The Kier molecular flexibility index (Phi) is 3.83. The molecule has 2 rings (SSSR count). The molecule has 7 heteroatoms. The highest BCUT2D eigenvalue weighted by Gasteiger charge is 2.48. The molecule has 110 valence electrons. The molecule has 0 N–H and O–H groups in total. The van der Waals surface area contributed by atoms with E-state index in [4.69, 9.17) is 4.74 Å². The van der Waals surface area contributed by atoms with E-state index in [9.17, 15) is 10.1 Å². The second-order valence-corrected chi connectivity index (χ2v) is 6.60. The van der Waals surface area contributed by atoms with Crippen molar-refractivity contribution in [2.24, 2.45) is 0 Å². The van der Waals surface area contributed by atoms with Crippen molar-refractivity contribution >= 4 is 0 Å². The zero-order valence-corrected chi connectivity index (χ0v) is 12.3. The van der Waals surface area contributed by atoms with E-state index in [-0.39, 0.29) is 17.1 Å². The molecule has 0 saturated carbocycles. The van der Waals surface area contributed by atoms with Crippen LogP contribution in [0.3, 0.4) is 0 Å². The molecule has 0 bridgehead atoms. The summed E-state index contributed by atoms with van der Waals surface area (Å²) in [5, 5.41) is 11.2. The Bertz CT molecular complexity index is 355. The van der Waals surface area contributed by atoms with Gasteiger partial charge in [0, 0.05) is 30.5 Å². The van der Waals surface area contributed by atoms with Gasteiger partial charge in [-0.3, -0.25) is 24.8 Å². The molecule has 0 aromatic rings. The molecule has 19 heavy (non-hydrogen) atoms. The first-order valence-corrected chi connectivity index (χ1v) is 6.60. The average Bonchev–Trinajstić information content (AvgIpc) is 2.27. The highest BCUT2D eigenvalue weighted by atomic mass is 16.6. The number of rotatable bonds is 2. The van der Waals surface area contributed by atoms with Crippen LogP contribution in [0.2, 0.25) is 0 Å². The van der Waals surface area contributed by atoms with Gasteiger partial charge in [0.25, 0.3) is 5.54 Å². The summed E-state index contributed by atoms with van der Waals surface area (Å²) in [5.74, 6) is 0. The number of nitrogens with zero attached hydrogens (tertiary/aromatic N) is 4. The van der Waals surface area contributed by atoms with E-state index in [1.807, 2.05) is 0 Å². The molecule has 0 radical (unpaired) electrons.